The van der Waals surface area contributed by atoms with Gasteiger partial charge in [0.05, 0.1) is 40.9 Å². The molecule has 0 aromatic rings. The molecular weight excluding hydrogens is 323 g/mol. The monoisotopic (exact) mass is 342 g/mol. The Bertz CT molecular complexity index is 431. The van der Waals surface area contributed by atoms with E-state index in [0.717, 1.165) is 0 Å². The van der Waals surface area contributed by atoms with Crippen molar-refractivity contribution in [3.63, 3.8) is 0 Å². The van der Waals surface area contributed by atoms with Crippen molar-refractivity contribution in [2.45, 2.75) is 19.4 Å². The van der Waals surface area contributed by atoms with E-state index in [1.165, 1.54) is 6.08 Å². The second kappa shape index (κ2) is 13.2. The Hall–Kier alpha value is 0.480. The molecule has 0 aromatic carbocycles. The summed E-state index contributed by atoms with van der Waals surface area (Å²) < 4.78 is 62.5. The van der Waals surface area contributed by atoms with E-state index < -0.39 is 32.1 Å². The fourth-order valence-electron chi connectivity index (χ4n) is 0.829. The Balaban J connectivity index is -0.000000312. The number of hydrogen-bond acceptors (Lipinski definition) is 7. The van der Waals surface area contributed by atoms with Gasteiger partial charge in [0, 0.05) is 0 Å². The van der Waals surface area contributed by atoms with E-state index in [1.807, 2.05) is 0 Å². The summed E-state index contributed by atoms with van der Waals surface area (Å²) in [4.78, 5) is 0. The van der Waals surface area contributed by atoms with Crippen molar-refractivity contribution < 1.29 is 65.3 Å². The van der Waals surface area contributed by atoms with E-state index in [2.05, 4.69) is 6.58 Å². The number of rotatable bonds is 8. The predicted octanol–water partition coefficient (Wildman–Crippen LogP) is -3.62. The van der Waals surface area contributed by atoms with Crippen molar-refractivity contribution in [2.75, 3.05) is 24.7 Å². The van der Waals surface area contributed by atoms with Gasteiger partial charge in [-0.1, -0.05) is 13.0 Å². The summed E-state index contributed by atoms with van der Waals surface area (Å²) in [5, 5.41) is 8.87. The minimum absolute atomic E-state index is 0. The smallest absolute Gasteiger partial charge is 0.748 e. The minimum Gasteiger partial charge on any atom is -0.748 e. The maximum Gasteiger partial charge on any atom is 1.00 e. The molecule has 1 atom stereocenters. The minimum atomic E-state index is -4.37. The summed E-state index contributed by atoms with van der Waals surface area (Å²) in [5.74, 6) is -0.947. The fraction of sp³-hybridized carbons (Fsp3) is 0.778. The van der Waals surface area contributed by atoms with Gasteiger partial charge in [-0.05, 0) is 6.42 Å². The van der Waals surface area contributed by atoms with E-state index in [1.54, 1.807) is 6.92 Å². The molecule has 1 unspecified atom stereocenters. The molecule has 0 saturated heterocycles. The molecule has 116 valence electrons. The van der Waals surface area contributed by atoms with Crippen LogP contribution in [0.5, 0.6) is 0 Å². The van der Waals surface area contributed by atoms with E-state index in [9.17, 15) is 21.4 Å². The average Bonchev–Trinajstić information content (AvgIpc) is 2.14. The van der Waals surface area contributed by atoms with Gasteiger partial charge >= 0.3 is 29.6 Å². The van der Waals surface area contributed by atoms with Crippen molar-refractivity contribution in [3.05, 3.63) is 12.7 Å². The van der Waals surface area contributed by atoms with Crippen LogP contribution in [0.4, 0.5) is 0 Å². The molecule has 0 heterocycles. The molecule has 0 aliphatic heterocycles. The van der Waals surface area contributed by atoms with Crippen LogP contribution in [0.25, 0.3) is 0 Å². The van der Waals surface area contributed by atoms with Crippen LogP contribution in [0.1, 0.15) is 13.3 Å². The second-order valence-electron chi connectivity index (χ2n) is 3.49. The van der Waals surface area contributed by atoms with Crippen LogP contribution in [0.15, 0.2) is 12.7 Å². The summed E-state index contributed by atoms with van der Waals surface area (Å²) in [6.45, 7) is 5.08. The van der Waals surface area contributed by atoms with Crippen LogP contribution < -0.4 is 29.6 Å². The molecular formula is C9H19NaO8S2. The molecule has 0 spiro atoms. The van der Waals surface area contributed by atoms with Crippen molar-refractivity contribution in [1.29, 1.82) is 0 Å². The molecule has 0 bridgehead atoms. The third-order valence-corrected chi connectivity index (χ3v) is 3.12. The van der Waals surface area contributed by atoms with E-state index >= 15 is 0 Å². The first-order valence-electron chi connectivity index (χ1n) is 5.27. The zero-order valence-corrected chi connectivity index (χ0v) is 15.2. The molecule has 0 radical (unpaired) electrons. The zero-order chi connectivity index (χ0) is 15.5. The van der Waals surface area contributed by atoms with Gasteiger partial charge in [0.2, 0.25) is 0 Å². The topological polar surface area (TPSA) is 141 Å². The average molecular weight is 342 g/mol. The standard InChI is InChI=1S/C6H12O5S.C3H8O3S.Na/c1-2-3-11-4-6(7)5-12(8,9)10;1-2-3-7(4,5)6;/h2,6-7H,1,3-5H2,(H,8,9,10);2-3H2,1H3,(H,4,5,6);/q;;+1/p-1. The number of aliphatic hydroxyl groups excluding tert-OH is 1. The Labute approximate surface area is 142 Å². The van der Waals surface area contributed by atoms with Gasteiger partial charge in [-0.2, -0.15) is 8.42 Å². The van der Waals surface area contributed by atoms with Crippen LogP contribution in [0.2, 0.25) is 0 Å². The maximum absolute atomic E-state index is 10.1. The van der Waals surface area contributed by atoms with Gasteiger partial charge in [0.1, 0.15) is 0 Å². The largest absolute Gasteiger partial charge is 1.00 e. The Morgan fingerprint density at radius 3 is 2.10 bits per heavy atom. The maximum atomic E-state index is 10.1. The summed E-state index contributed by atoms with van der Waals surface area (Å²) in [5.41, 5.74) is 0. The second-order valence-corrected chi connectivity index (χ2v) is 6.51. The first kappa shape index (κ1) is 25.4. The quantitative estimate of drug-likeness (QED) is 0.199. The van der Waals surface area contributed by atoms with Crippen molar-refractivity contribution >= 4 is 20.2 Å². The third kappa shape index (κ3) is 26.9. The number of hydrogen-bond donors (Lipinski definition) is 2. The molecule has 8 nitrogen and oxygen atoms in total. The van der Waals surface area contributed by atoms with E-state index in [-0.39, 0.29) is 48.5 Å². The SMILES string of the molecule is C=CCOCC(O)CS(=O)(=O)[O-].CCCS(=O)(=O)O.[Na+]. The van der Waals surface area contributed by atoms with Gasteiger partial charge in [0.25, 0.3) is 10.1 Å². The molecule has 0 saturated carbocycles. The third-order valence-electron chi connectivity index (χ3n) is 1.40. The van der Waals surface area contributed by atoms with Crippen LogP contribution >= 0.6 is 0 Å². The van der Waals surface area contributed by atoms with E-state index in [0.29, 0.717) is 6.42 Å². The van der Waals surface area contributed by atoms with Crippen molar-refractivity contribution in [2.24, 2.45) is 0 Å². The van der Waals surface area contributed by atoms with Crippen LogP contribution in [-0.4, -0.2) is 61.9 Å². The van der Waals surface area contributed by atoms with E-state index in [4.69, 9.17) is 14.4 Å². The normalized spacial score (nSPS) is 12.6. The molecule has 0 rings (SSSR count). The molecule has 0 aromatic heterocycles. The molecule has 0 fully saturated rings. The Morgan fingerprint density at radius 2 is 1.85 bits per heavy atom. The predicted molar refractivity (Wildman–Crippen MR) is 68.3 cm³/mol. The van der Waals surface area contributed by atoms with Gasteiger partial charge in [0.15, 0.2) is 0 Å². The van der Waals surface area contributed by atoms with Crippen LogP contribution in [0, 0.1) is 0 Å². The first-order chi connectivity index (χ1) is 8.52. The summed E-state index contributed by atoms with van der Waals surface area (Å²) in [6, 6.07) is 0. The van der Waals surface area contributed by atoms with Gasteiger partial charge < -0.3 is 14.4 Å². The van der Waals surface area contributed by atoms with Crippen LogP contribution in [0.3, 0.4) is 0 Å². The Morgan fingerprint density at radius 1 is 1.35 bits per heavy atom. The van der Waals surface area contributed by atoms with Crippen LogP contribution in [-0.2, 0) is 25.0 Å². The number of aliphatic hydroxyl groups is 1. The molecule has 0 aliphatic carbocycles. The van der Waals surface area contributed by atoms with Crippen molar-refractivity contribution in [3.8, 4) is 0 Å². The fourth-order valence-corrected chi connectivity index (χ4v) is 1.91. The molecule has 11 heteroatoms. The van der Waals surface area contributed by atoms with Gasteiger partial charge in [-0.25, -0.2) is 8.42 Å². The van der Waals surface area contributed by atoms with Gasteiger partial charge in [-0.15, -0.1) is 6.58 Å². The van der Waals surface area contributed by atoms with Crippen molar-refractivity contribution in [1.82, 2.24) is 0 Å². The Kier molecular flexibility index (Phi) is 16.7. The molecule has 2 N–H and O–H groups in total. The zero-order valence-electron chi connectivity index (χ0n) is 11.6. The molecule has 20 heavy (non-hydrogen) atoms. The number of ether oxygens (including phenoxy) is 1. The summed E-state index contributed by atoms with van der Waals surface area (Å²) in [6.07, 6.45) is 0.671. The van der Waals surface area contributed by atoms with Gasteiger partial charge in [-0.3, -0.25) is 4.55 Å². The summed E-state index contributed by atoms with van der Waals surface area (Å²) in [7, 11) is -8.04. The first-order valence-corrected chi connectivity index (χ1v) is 8.46. The molecule has 0 amide bonds. The summed E-state index contributed by atoms with van der Waals surface area (Å²) >= 11 is 0. The molecule has 0 aliphatic rings.